The molecule has 1 aromatic carbocycles. The highest BCUT2D eigenvalue weighted by atomic mass is 35.5. The summed E-state index contributed by atoms with van der Waals surface area (Å²) >= 11 is 7.59. The molecule has 156 valence electrons. The summed E-state index contributed by atoms with van der Waals surface area (Å²) in [7, 11) is 1.64. The average molecular weight is 435 g/mol. The molecule has 0 aliphatic heterocycles. The van der Waals surface area contributed by atoms with Crippen molar-refractivity contribution in [3.8, 4) is 11.3 Å². The van der Waals surface area contributed by atoms with E-state index in [1.165, 1.54) is 0 Å². The van der Waals surface area contributed by atoms with Crippen molar-refractivity contribution >= 4 is 33.9 Å². The van der Waals surface area contributed by atoms with Crippen molar-refractivity contribution in [3.05, 3.63) is 46.6 Å². The number of halogens is 1. The minimum absolute atomic E-state index is 0.0755. The fourth-order valence-corrected chi connectivity index (χ4v) is 3.97. The third-order valence-electron chi connectivity index (χ3n) is 4.40. The zero-order valence-corrected chi connectivity index (χ0v) is 18.8. The van der Waals surface area contributed by atoms with Gasteiger partial charge in [-0.2, -0.15) is 0 Å². The van der Waals surface area contributed by atoms with Gasteiger partial charge in [0.2, 0.25) is 0 Å². The number of fused-ring (bicyclic) bond motifs is 1. The predicted octanol–water partition coefficient (Wildman–Crippen LogP) is 4.72. The van der Waals surface area contributed by atoms with Gasteiger partial charge in [-0.3, -0.25) is 4.40 Å². The number of hydrogen-bond donors (Lipinski definition) is 1. The van der Waals surface area contributed by atoms with Crippen molar-refractivity contribution < 1.29 is 9.53 Å². The molecule has 0 radical (unpaired) electrons. The van der Waals surface area contributed by atoms with E-state index in [4.69, 9.17) is 21.3 Å². The third kappa shape index (κ3) is 5.72. The first-order chi connectivity index (χ1) is 13.8. The highest BCUT2D eigenvalue weighted by molar-refractivity contribution is 7.15. The van der Waals surface area contributed by atoms with Gasteiger partial charge in [0.15, 0.2) is 4.96 Å². The molecule has 2 amide bonds. The molecule has 29 heavy (non-hydrogen) atoms. The van der Waals surface area contributed by atoms with Crippen molar-refractivity contribution in [2.24, 2.45) is 0 Å². The second-order valence-corrected chi connectivity index (χ2v) is 9.20. The van der Waals surface area contributed by atoms with Gasteiger partial charge in [0, 0.05) is 60.0 Å². The largest absolute Gasteiger partial charge is 0.383 e. The normalized spacial score (nSPS) is 11.8. The molecule has 2 heterocycles. The molecular weight excluding hydrogens is 408 g/mol. The van der Waals surface area contributed by atoms with Crippen LogP contribution >= 0.6 is 22.9 Å². The lowest BCUT2D eigenvalue weighted by molar-refractivity contribution is 0.145. The van der Waals surface area contributed by atoms with Gasteiger partial charge in [-0.15, -0.1) is 11.3 Å². The molecule has 2 aromatic heterocycles. The average Bonchev–Trinajstić information content (AvgIpc) is 3.22. The fraction of sp³-hybridized carbons (Fsp3) is 0.429. The number of benzene rings is 1. The molecule has 0 aliphatic rings. The number of nitrogens with zero attached hydrogens (tertiary/aromatic N) is 3. The first-order valence-electron chi connectivity index (χ1n) is 9.54. The number of ether oxygens (including phenoxy) is 1. The predicted molar refractivity (Wildman–Crippen MR) is 119 cm³/mol. The molecule has 0 saturated carbocycles. The highest BCUT2D eigenvalue weighted by Crippen LogP contribution is 2.25. The fourth-order valence-electron chi connectivity index (χ4n) is 2.93. The van der Waals surface area contributed by atoms with Crippen LogP contribution in [0, 0.1) is 0 Å². The zero-order valence-electron chi connectivity index (χ0n) is 17.2. The number of imidazole rings is 1. The maximum Gasteiger partial charge on any atom is 0.317 e. The molecule has 8 heteroatoms. The zero-order chi connectivity index (χ0) is 21.0. The van der Waals surface area contributed by atoms with Gasteiger partial charge in [0.25, 0.3) is 0 Å². The number of thiazole rings is 1. The number of carbonyl (C=O) groups is 1. The Morgan fingerprint density at radius 1 is 1.28 bits per heavy atom. The molecule has 0 unspecified atom stereocenters. The van der Waals surface area contributed by atoms with Gasteiger partial charge >= 0.3 is 6.03 Å². The van der Waals surface area contributed by atoms with Crippen molar-refractivity contribution in [1.82, 2.24) is 19.6 Å². The topological polar surface area (TPSA) is 58.9 Å². The van der Waals surface area contributed by atoms with Crippen molar-refractivity contribution in [2.45, 2.75) is 32.7 Å². The summed E-state index contributed by atoms with van der Waals surface area (Å²) in [5.41, 5.74) is 2.79. The molecule has 0 saturated heterocycles. The van der Waals surface area contributed by atoms with Crippen LogP contribution < -0.4 is 5.32 Å². The van der Waals surface area contributed by atoms with Gasteiger partial charge in [0.1, 0.15) is 0 Å². The van der Waals surface area contributed by atoms with Crippen LogP contribution in [0.3, 0.4) is 0 Å². The van der Waals surface area contributed by atoms with E-state index in [1.54, 1.807) is 23.3 Å². The smallest absolute Gasteiger partial charge is 0.317 e. The van der Waals surface area contributed by atoms with Crippen LogP contribution in [-0.2, 0) is 11.2 Å². The van der Waals surface area contributed by atoms with Gasteiger partial charge in [-0.05, 0) is 32.9 Å². The van der Waals surface area contributed by atoms with Crippen LogP contribution in [0.4, 0.5) is 4.79 Å². The van der Waals surface area contributed by atoms with Crippen LogP contribution in [0.25, 0.3) is 16.2 Å². The van der Waals surface area contributed by atoms with Gasteiger partial charge in [0.05, 0.1) is 12.3 Å². The maximum atomic E-state index is 12.6. The number of carbonyl (C=O) groups excluding carboxylic acids is 1. The molecule has 3 rings (SSSR count). The minimum Gasteiger partial charge on any atom is -0.383 e. The Morgan fingerprint density at radius 2 is 2.00 bits per heavy atom. The van der Waals surface area contributed by atoms with E-state index >= 15 is 0 Å². The van der Waals surface area contributed by atoms with Crippen molar-refractivity contribution in [2.75, 3.05) is 26.8 Å². The second-order valence-electron chi connectivity index (χ2n) is 7.92. The number of hydrogen-bond acceptors (Lipinski definition) is 4. The van der Waals surface area contributed by atoms with Crippen LogP contribution in [0.15, 0.2) is 35.8 Å². The lowest BCUT2D eigenvalue weighted by atomic mass is 10.1. The number of nitrogens with one attached hydrogen (secondary N) is 1. The lowest BCUT2D eigenvalue weighted by Gasteiger charge is -2.28. The summed E-state index contributed by atoms with van der Waals surface area (Å²) in [5, 5.41) is 5.84. The second kappa shape index (κ2) is 9.15. The lowest BCUT2D eigenvalue weighted by Crippen LogP contribution is -2.49. The summed E-state index contributed by atoms with van der Waals surface area (Å²) < 4.78 is 7.28. The van der Waals surface area contributed by atoms with E-state index in [9.17, 15) is 4.79 Å². The number of methoxy groups -OCH3 is 1. The van der Waals surface area contributed by atoms with E-state index in [0.717, 1.165) is 28.3 Å². The monoisotopic (exact) mass is 434 g/mol. The number of amides is 2. The molecule has 0 spiro atoms. The van der Waals surface area contributed by atoms with Gasteiger partial charge in [-0.25, -0.2) is 9.78 Å². The molecule has 0 aliphatic carbocycles. The Hall–Kier alpha value is -2.09. The van der Waals surface area contributed by atoms with Crippen LogP contribution in [0.1, 0.15) is 26.5 Å². The van der Waals surface area contributed by atoms with Crippen LogP contribution in [0.5, 0.6) is 0 Å². The van der Waals surface area contributed by atoms with Crippen LogP contribution in [-0.4, -0.2) is 52.7 Å². The van der Waals surface area contributed by atoms with Crippen LogP contribution in [0.2, 0.25) is 5.02 Å². The Kier molecular flexibility index (Phi) is 6.82. The Balaban J connectivity index is 1.74. The highest BCUT2D eigenvalue weighted by Gasteiger charge is 2.20. The van der Waals surface area contributed by atoms with E-state index in [1.807, 2.05) is 51.2 Å². The summed E-state index contributed by atoms with van der Waals surface area (Å²) in [6.07, 6.45) is 2.77. The molecule has 1 N–H and O–H groups in total. The van der Waals surface area contributed by atoms with Gasteiger partial charge in [-0.1, -0.05) is 23.7 Å². The molecule has 0 bridgehead atoms. The quantitative estimate of drug-likeness (QED) is 0.585. The minimum atomic E-state index is -0.282. The van der Waals surface area contributed by atoms with Crippen molar-refractivity contribution in [1.29, 1.82) is 0 Å². The molecular formula is C21H27ClN4O2S. The SMILES string of the molecule is COCCN(CCc1csc2nc(-c3ccc(Cl)cc3)cn12)C(=O)NC(C)(C)C. The van der Waals surface area contributed by atoms with E-state index in [2.05, 4.69) is 15.1 Å². The summed E-state index contributed by atoms with van der Waals surface area (Å²) in [5.74, 6) is 0. The molecule has 3 aromatic rings. The maximum absolute atomic E-state index is 12.6. The Bertz CT molecular complexity index is 959. The number of urea groups is 1. The van der Waals surface area contributed by atoms with Crippen molar-refractivity contribution in [3.63, 3.8) is 0 Å². The summed E-state index contributed by atoms with van der Waals surface area (Å²) in [6, 6.07) is 7.60. The van der Waals surface area contributed by atoms with E-state index in [0.29, 0.717) is 24.7 Å². The van der Waals surface area contributed by atoms with E-state index in [-0.39, 0.29) is 11.6 Å². The van der Waals surface area contributed by atoms with E-state index < -0.39 is 0 Å². The Morgan fingerprint density at radius 3 is 2.66 bits per heavy atom. The summed E-state index contributed by atoms with van der Waals surface area (Å²) in [6.45, 7) is 7.59. The number of aromatic nitrogens is 2. The third-order valence-corrected chi connectivity index (χ3v) is 5.54. The van der Waals surface area contributed by atoms with Gasteiger partial charge < -0.3 is 15.0 Å². The molecule has 0 atom stereocenters. The molecule has 6 nitrogen and oxygen atoms in total. The standard InChI is InChI=1S/C21H27ClN4O2S/c1-21(2,3)24-19(27)25(11-12-28-4)10-9-17-14-29-20-23-18(13-26(17)20)15-5-7-16(22)8-6-15/h5-8,13-14H,9-12H2,1-4H3,(H,24,27). The number of rotatable bonds is 7. The first-order valence-corrected chi connectivity index (χ1v) is 10.8. The summed E-state index contributed by atoms with van der Waals surface area (Å²) in [4.78, 5) is 20.1. The Labute approximate surface area is 180 Å². The first kappa shape index (κ1) is 21.6. The molecule has 0 fully saturated rings.